The standard InChI is InChI=1S/C29H40O5/c1-7-20(31)21-14-17(2)29(34-21)15-24(33)28(6)19-8-9-22-25(3,18(19)10-13-27(28,29)5)12-11-23(32)26(22,4)16-30/h11-12,17,21-22,30H,7-10,13-16H2,1-6H3. The molecular weight excluding hydrogens is 428 g/mol. The fourth-order valence-electron chi connectivity index (χ4n) is 9.17. The minimum absolute atomic E-state index is 0.00379. The number of Topliss-reactive ketones (excluding diaryl/α,β-unsaturated/α-hetero) is 2. The molecule has 34 heavy (non-hydrogen) atoms. The third-order valence-electron chi connectivity index (χ3n) is 11.6. The Kier molecular flexibility index (Phi) is 5.12. The van der Waals surface area contributed by atoms with Gasteiger partial charge >= 0.3 is 0 Å². The van der Waals surface area contributed by atoms with E-state index in [2.05, 4.69) is 33.8 Å². The maximum absolute atomic E-state index is 14.0. The first-order valence-electron chi connectivity index (χ1n) is 13.2. The molecule has 1 saturated carbocycles. The highest BCUT2D eigenvalue weighted by Crippen LogP contribution is 2.73. The van der Waals surface area contributed by atoms with Crippen molar-refractivity contribution in [3.8, 4) is 0 Å². The summed E-state index contributed by atoms with van der Waals surface area (Å²) in [6.45, 7) is 12.4. The van der Waals surface area contributed by atoms with Gasteiger partial charge in [0.25, 0.3) is 0 Å². The lowest BCUT2D eigenvalue weighted by atomic mass is 9.44. The number of ketones is 3. The van der Waals surface area contributed by atoms with Gasteiger partial charge in [-0.2, -0.15) is 0 Å². The van der Waals surface area contributed by atoms with Crippen molar-refractivity contribution in [1.29, 1.82) is 0 Å². The Balaban J connectivity index is 1.63. The van der Waals surface area contributed by atoms with Crippen LogP contribution in [0.4, 0.5) is 0 Å². The molecule has 0 radical (unpaired) electrons. The van der Waals surface area contributed by atoms with E-state index < -0.39 is 22.5 Å². The summed E-state index contributed by atoms with van der Waals surface area (Å²) in [5.74, 6) is 0.540. The van der Waals surface area contributed by atoms with Crippen molar-refractivity contribution in [3.05, 3.63) is 23.3 Å². The molecule has 5 aliphatic rings. The number of rotatable bonds is 3. The first-order valence-corrected chi connectivity index (χ1v) is 13.2. The Morgan fingerprint density at radius 1 is 1.15 bits per heavy atom. The van der Waals surface area contributed by atoms with Crippen molar-refractivity contribution in [2.75, 3.05) is 6.61 Å². The number of aliphatic hydroxyl groups excluding tert-OH is 1. The number of hydrogen-bond acceptors (Lipinski definition) is 5. The van der Waals surface area contributed by atoms with E-state index >= 15 is 0 Å². The number of ether oxygens (including phenoxy) is 1. The van der Waals surface area contributed by atoms with Gasteiger partial charge in [-0.3, -0.25) is 14.4 Å². The third kappa shape index (κ3) is 2.51. The average molecular weight is 469 g/mol. The fourth-order valence-corrected chi connectivity index (χ4v) is 9.17. The van der Waals surface area contributed by atoms with Gasteiger partial charge in [0.05, 0.1) is 23.0 Å². The van der Waals surface area contributed by atoms with Crippen molar-refractivity contribution in [1.82, 2.24) is 0 Å². The zero-order valence-electron chi connectivity index (χ0n) is 21.6. The van der Waals surface area contributed by atoms with Gasteiger partial charge in [0, 0.05) is 23.7 Å². The lowest BCUT2D eigenvalue weighted by Crippen LogP contribution is -2.58. The molecule has 1 aliphatic heterocycles. The summed E-state index contributed by atoms with van der Waals surface area (Å²) in [5, 5.41) is 10.2. The Hall–Kier alpha value is -1.59. The van der Waals surface area contributed by atoms with E-state index in [1.165, 1.54) is 11.1 Å². The third-order valence-corrected chi connectivity index (χ3v) is 11.6. The van der Waals surface area contributed by atoms with Crippen LogP contribution in [-0.4, -0.2) is 40.8 Å². The molecule has 1 N–H and O–H groups in total. The number of allylic oxidation sites excluding steroid dienone is 4. The van der Waals surface area contributed by atoms with Crippen molar-refractivity contribution < 1.29 is 24.2 Å². The molecule has 5 rings (SSSR count). The summed E-state index contributed by atoms with van der Waals surface area (Å²) < 4.78 is 6.67. The number of hydrogen-bond donors (Lipinski definition) is 1. The molecule has 0 aromatic carbocycles. The molecule has 1 heterocycles. The number of carbonyl (C=O) groups is 3. The predicted octanol–water partition coefficient (Wildman–Crippen LogP) is 4.76. The van der Waals surface area contributed by atoms with E-state index in [9.17, 15) is 19.5 Å². The van der Waals surface area contributed by atoms with Crippen molar-refractivity contribution in [2.24, 2.45) is 33.5 Å². The summed E-state index contributed by atoms with van der Waals surface area (Å²) in [5.41, 5.74) is -0.230. The topological polar surface area (TPSA) is 80.7 Å². The number of aliphatic hydroxyl groups is 1. The smallest absolute Gasteiger partial charge is 0.163 e. The molecule has 0 bridgehead atoms. The molecule has 186 valence electrons. The summed E-state index contributed by atoms with van der Waals surface area (Å²) in [6, 6.07) is 0. The van der Waals surface area contributed by atoms with Crippen LogP contribution in [0.3, 0.4) is 0 Å². The Morgan fingerprint density at radius 3 is 2.50 bits per heavy atom. The molecule has 0 aromatic rings. The highest BCUT2D eigenvalue weighted by molar-refractivity contribution is 5.97. The average Bonchev–Trinajstić information content (AvgIpc) is 3.23. The Labute approximate surface area is 203 Å². The van der Waals surface area contributed by atoms with Gasteiger partial charge < -0.3 is 9.84 Å². The van der Waals surface area contributed by atoms with E-state index in [1.807, 2.05) is 13.8 Å². The van der Waals surface area contributed by atoms with E-state index in [-0.39, 0.29) is 46.6 Å². The van der Waals surface area contributed by atoms with Gasteiger partial charge in [-0.05, 0) is 63.9 Å². The van der Waals surface area contributed by atoms with Gasteiger partial charge in [-0.15, -0.1) is 0 Å². The summed E-state index contributed by atoms with van der Waals surface area (Å²) in [6.07, 6.45) is 8.06. The van der Waals surface area contributed by atoms with Crippen LogP contribution >= 0.6 is 0 Å². The number of fused-ring (bicyclic) bond motifs is 5. The van der Waals surface area contributed by atoms with Gasteiger partial charge in [0.1, 0.15) is 11.9 Å². The summed E-state index contributed by atoms with van der Waals surface area (Å²) in [4.78, 5) is 39.4. The second-order valence-electron chi connectivity index (χ2n) is 12.6. The maximum Gasteiger partial charge on any atom is 0.163 e. The molecule has 5 heteroatoms. The molecule has 4 aliphatic carbocycles. The van der Waals surface area contributed by atoms with Crippen LogP contribution in [-0.2, 0) is 19.1 Å². The molecule has 0 aromatic heterocycles. The van der Waals surface area contributed by atoms with Crippen LogP contribution in [0.5, 0.6) is 0 Å². The normalized spacial score (nSPS) is 49.9. The Bertz CT molecular complexity index is 1040. The summed E-state index contributed by atoms with van der Waals surface area (Å²) >= 11 is 0. The lowest BCUT2D eigenvalue weighted by molar-refractivity contribution is -0.161. The second-order valence-corrected chi connectivity index (χ2v) is 12.6. The molecular formula is C29H40O5. The minimum Gasteiger partial charge on any atom is -0.395 e. The highest BCUT2D eigenvalue weighted by atomic mass is 16.5. The van der Waals surface area contributed by atoms with Crippen molar-refractivity contribution in [3.63, 3.8) is 0 Å². The lowest BCUT2D eigenvalue weighted by Gasteiger charge is -2.60. The van der Waals surface area contributed by atoms with Crippen LogP contribution in [0.25, 0.3) is 0 Å². The quantitative estimate of drug-likeness (QED) is 0.604. The van der Waals surface area contributed by atoms with Crippen LogP contribution in [0.2, 0.25) is 0 Å². The second kappa shape index (κ2) is 7.22. The molecule has 1 spiro atoms. The summed E-state index contributed by atoms with van der Waals surface area (Å²) in [7, 11) is 0. The van der Waals surface area contributed by atoms with Crippen LogP contribution in [0.1, 0.15) is 86.5 Å². The Morgan fingerprint density at radius 2 is 1.85 bits per heavy atom. The SMILES string of the molecule is CCC(=O)C1CC(C)C2(CC(=O)C3(C)C4=C(CCC32C)C2(C)C=CC(=O)C(C)(CO)C2CC4)O1. The van der Waals surface area contributed by atoms with Crippen LogP contribution < -0.4 is 0 Å². The molecule has 8 unspecified atom stereocenters. The van der Waals surface area contributed by atoms with E-state index in [0.717, 1.165) is 25.7 Å². The van der Waals surface area contributed by atoms with Gasteiger partial charge in [-0.1, -0.05) is 44.9 Å². The first-order chi connectivity index (χ1) is 15.9. The molecule has 8 atom stereocenters. The van der Waals surface area contributed by atoms with Gasteiger partial charge in [-0.25, -0.2) is 0 Å². The zero-order valence-corrected chi connectivity index (χ0v) is 21.6. The van der Waals surface area contributed by atoms with Crippen molar-refractivity contribution >= 4 is 17.3 Å². The zero-order chi connectivity index (χ0) is 24.9. The fraction of sp³-hybridized carbons (Fsp3) is 0.759. The first kappa shape index (κ1) is 24.1. The minimum atomic E-state index is -0.790. The van der Waals surface area contributed by atoms with Gasteiger partial charge in [0.15, 0.2) is 11.6 Å². The highest BCUT2D eigenvalue weighted by Gasteiger charge is 2.75. The van der Waals surface area contributed by atoms with E-state index in [1.54, 1.807) is 6.08 Å². The number of carbonyl (C=O) groups excluding carboxylic acids is 3. The largest absolute Gasteiger partial charge is 0.395 e. The van der Waals surface area contributed by atoms with E-state index in [4.69, 9.17) is 4.74 Å². The molecule has 1 saturated heterocycles. The van der Waals surface area contributed by atoms with Crippen LogP contribution in [0, 0.1) is 33.5 Å². The van der Waals surface area contributed by atoms with Gasteiger partial charge in [0.2, 0.25) is 0 Å². The monoisotopic (exact) mass is 468 g/mol. The predicted molar refractivity (Wildman–Crippen MR) is 129 cm³/mol. The van der Waals surface area contributed by atoms with Crippen molar-refractivity contribution in [2.45, 2.75) is 98.2 Å². The van der Waals surface area contributed by atoms with Crippen LogP contribution in [0.15, 0.2) is 23.3 Å². The molecule has 5 nitrogen and oxygen atoms in total. The van der Waals surface area contributed by atoms with E-state index in [0.29, 0.717) is 19.3 Å². The molecule has 0 amide bonds. The molecule has 2 fully saturated rings. The maximum atomic E-state index is 14.0.